The summed E-state index contributed by atoms with van der Waals surface area (Å²) in [5, 5.41) is 5.16. The molecule has 126 valence electrons. The second kappa shape index (κ2) is 6.98. The van der Waals surface area contributed by atoms with Gasteiger partial charge in [0.2, 0.25) is 5.91 Å². The van der Waals surface area contributed by atoms with Gasteiger partial charge in [-0.05, 0) is 18.6 Å². The summed E-state index contributed by atoms with van der Waals surface area (Å²) >= 11 is 1.35. The number of thiazole rings is 1. The molecule has 0 unspecified atom stereocenters. The number of ether oxygens (including phenoxy) is 1. The first kappa shape index (κ1) is 16.4. The largest absolute Gasteiger partial charge is 0.494 e. The first-order valence-corrected chi connectivity index (χ1v) is 8.44. The van der Waals surface area contributed by atoms with Crippen LogP contribution in [-0.2, 0) is 11.3 Å². The molecule has 8 heteroatoms. The SMILES string of the molecule is COc1cc(NC(=O)c2csc(CN)n2)ccc1N1CCCC1=O. The number of methoxy groups -OCH3 is 1. The first-order chi connectivity index (χ1) is 11.6. The lowest BCUT2D eigenvalue weighted by Crippen LogP contribution is -2.24. The summed E-state index contributed by atoms with van der Waals surface area (Å²) in [7, 11) is 1.54. The van der Waals surface area contributed by atoms with Crippen molar-refractivity contribution in [2.75, 3.05) is 23.9 Å². The smallest absolute Gasteiger partial charge is 0.275 e. The molecule has 3 rings (SSSR count). The number of carbonyl (C=O) groups excluding carboxylic acids is 2. The summed E-state index contributed by atoms with van der Waals surface area (Å²) < 4.78 is 5.38. The maximum absolute atomic E-state index is 12.2. The first-order valence-electron chi connectivity index (χ1n) is 7.56. The van der Waals surface area contributed by atoms with Gasteiger partial charge in [-0.3, -0.25) is 9.59 Å². The van der Waals surface area contributed by atoms with E-state index >= 15 is 0 Å². The number of nitrogens with zero attached hydrogens (tertiary/aromatic N) is 2. The van der Waals surface area contributed by atoms with Gasteiger partial charge >= 0.3 is 0 Å². The molecule has 2 aromatic rings. The van der Waals surface area contributed by atoms with Gasteiger partial charge in [0.1, 0.15) is 16.5 Å². The van der Waals surface area contributed by atoms with Gasteiger partial charge in [0.25, 0.3) is 5.91 Å². The zero-order valence-electron chi connectivity index (χ0n) is 13.2. The molecule has 0 radical (unpaired) electrons. The molecule has 0 saturated carbocycles. The number of benzene rings is 1. The minimum absolute atomic E-state index is 0.0851. The number of rotatable bonds is 5. The van der Waals surface area contributed by atoms with Crippen molar-refractivity contribution in [2.24, 2.45) is 5.73 Å². The van der Waals surface area contributed by atoms with Crippen LogP contribution in [0.2, 0.25) is 0 Å². The van der Waals surface area contributed by atoms with Gasteiger partial charge in [-0.25, -0.2) is 4.98 Å². The van der Waals surface area contributed by atoms with Gasteiger partial charge in [0, 0.05) is 36.6 Å². The van der Waals surface area contributed by atoms with E-state index < -0.39 is 0 Å². The Balaban J connectivity index is 1.79. The molecule has 7 nitrogen and oxygen atoms in total. The number of amides is 2. The minimum atomic E-state index is -0.307. The van der Waals surface area contributed by atoms with E-state index in [1.54, 1.807) is 35.6 Å². The van der Waals surface area contributed by atoms with Crippen LogP contribution >= 0.6 is 11.3 Å². The molecule has 1 aliphatic rings. The molecule has 0 spiro atoms. The van der Waals surface area contributed by atoms with Crippen LogP contribution in [0.15, 0.2) is 23.6 Å². The molecule has 1 aliphatic heterocycles. The summed E-state index contributed by atoms with van der Waals surface area (Å²) in [5.74, 6) is 0.323. The van der Waals surface area contributed by atoms with Gasteiger partial charge in [0.05, 0.1) is 12.8 Å². The van der Waals surface area contributed by atoms with Crippen molar-refractivity contribution in [2.45, 2.75) is 19.4 Å². The van der Waals surface area contributed by atoms with Crippen LogP contribution in [0.25, 0.3) is 0 Å². The Morgan fingerprint density at radius 2 is 2.33 bits per heavy atom. The average molecular weight is 346 g/mol. The van der Waals surface area contributed by atoms with E-state index in [1.807, 2.05) is 0 Å². The van der Waals surface area contributed by atoms with Gasteiger partial charge in [-0.1, -0.05) is 0 Å². The Morgan fingerprint density at radius 3 is 2.96 bits per heavy atom. The monoisotopic (exact) mass is 346 g/mol. The Bertz CT molecular complexity index is 774. The van der Waals surface area contributed by atoms with Crippen molar-refractivity contribution in [3.8, 4) is 5.75 Å². The van der Waals surface area contributed by atoms with Crippen molar-refractivity contribution >= 4 is 34.5 Å². The molecule has 1 aromatic heterocycles. The number of hydrogen-bond acceptors (Lipinski definition) is 6. The van der Waals surface area contributed by atoms with E-state index in [1.165, 1.54) is 11.3 Å². The fraction of sp³-hybridized carbons (Fsp3) is 0.312. The summed E-state index contributed by atoms with van der Waals surface area (Å²) in [4.78, 5) is 30.0. The van der Waals surface area contributed by atoms with Gasteiger partial charge in [-0.2, -0.15) is 0 Å². The van der Waals surface area contributed by atoms with Crippen molar-refractivity contribution in [1.82, 2.24) is 4.98 Å². The lowest BCUT2D eigenvalue weighted by Gasteiger charge is -2.19. The number of aromatic nitrogens is 1. The molecule has 24 heavy (non-hydrogen) atoms. The molecule has 1 saturated heterocycles. The molecular formula is C16H18N4O3S. The van der Waals surface area contributed by atoms with Gasteiger partial charge < -0.3 is 20.7 Å². The molecule has 2 amide bonds. The lowest BCUT2D eigenvalue weighted by molar-refractivity contribution is -0.117. The highest BCUT2D eigenvalue weighted by molar-refractivity contribution is 7.09. The normalized spacial score (nSPS) is 14.1. The van der Waals surface area contributed by atoms with Crippen molar-refractivity contribution in [3.63, 3.8) is 0 Å². The summed E-state index contributed by atoms with van der Waals surface area (Å²) in [5.41, 5.74) is 7.14. The van der Waals surface area contributed by atoms with Crippen LogP contribution in [0.4, 0.5) is 11.4 Å². The van der Waals surface area contributed by atoms with Crippen molar-refractivity contribution in [1.29, 1.82) is 0 Å². The van der Waals surface area contributed by atoms with Crippen LogP contribution in [0.5, 0.6) is 5.75 Å². The topological polar surface area (TPSA) is 97.5 Å². The average Bonchev–Trinajstić information content (AvgIpc) is 3.23. The van der Waals surface area contributed by atoms with E-state index in [9.17, 15) is 9.59 Å². The zero-order chi connectivity index (χ0) is 17.1. The molecule has 2 heterocycles. The van der Waals surface area contributed by atoms with Crippen LogP contribution in [0, 0.1) is 0 Å². The predicted octanol–water partition coefficient (Wildman–Crippen LogP) is 1.99. The summed E-state index contributed by atoms with van der Waals surface area (Å²) in [6.07, 6.45) is 1.39. The third-order valence-electron chi connectivity index (χ3n) is 3.76. The highest BCUT2D eigenvalue weighted by Gasteiger charge is 2.24. The molecule has 1 aromatic carbocycles. The highest BCUT2D eigenvalue weighted by Crippen LogP contribution is 2.33. The van der Waals surface area contributed by atoms with E-state index in [2.05, 4.69) is 10.3 Å². The maximum atomic E-state index is 12.2. The Morgan fingerprint density at radius 1 is 1.50 bits per heavy atom. The van der Waals surface area contributed by atoms with E-state index in [-0.39, 0.29) is 11.8 Å². The standard InChI is InChI=1S/C16H18N4O3S/c1-23-13-7-10(4-5-12(13)20-6-2-3-15(20)21)18-16(22)11-9-24-14(8-17)19-11/h4-5,7,9H,2-3,6,8,17H2,1H3,(H,18,22). The maximum Gasteiger partial charge on any atom is 0.275 e. The molecular weight excluding hydrogens is 328 g/mol. The van der Waals surface area contributed by atoms with Crippen molar-refractivity contribution < 1.29 is 14.3 Å². The fourth-order valence-corrected chi connectivity index (χ4v) is 3.24. The van der Waals surface area contributed by atoms with E-state index in [0.29, 0.717) is 41.6 Å². The molecule has 0 bridgehead atoms. The van der Waals surface area contributed by atoms with Crippen molar-refractivity contribution in [3.05, 3.63) is 34.3 Å². The van der Waals surface area contributed by atoms with Gasteiger partial charge in [0.15, 0.2) is 0 Å². The molecule has 3 N–H and O–H groups in total. The van der Waals surface area contributed by atoms with Gasteiger partial charge in [-0.15, -0.1) is 11.3 Å². The Labute approximate surface area is 143 Å². The second-order valence-corrected chi connectivity index (χ2v) is 6.26. The van der Waals surface area contributed by atoms with Crippen LogP contribution in [0.1, 0.15) is 28.3 Å². The predicted molar refractivity (Wildman–Crippen MR) is 92.5 cm³/mol. The minimum Gasteiger partial charge on any atom is -0.494 e. The number of nitrogens with one attached hydrogen (secondary N) is 1. The lowest BCUT2D eigenvalue weighted by atomic mass is 10.2. The third-order valence-corrected chi connectivity index (χ3v) is 4.63. The molecule has 0 aliphatic carbocycles. The fourth-order valence-electron chi connectivity index (χ4n) is 2.59. The van der Waals surface area contributed by atoms with E-state index in [0.717, 1.165) is 12.1 Å². The quantitative estimate of drug-likeness (QED) is 0.863. The Kier molecular flexibility index (Phi) is 4.77. The Hall–Kier alpha value is -2.45. The number of carbonyl (C=O) groups is 2. The third kappa shape index (κ3) is 3.24. The van der Waals surface area contributed by atoms with E-state index in [4.69, 9.17) is 10.5 Å². The second-order valence-electron chi connectivity index (χ2n) is 5.32. The zero-order valence-corrected chi connectivity index (χ0v) is 14.1. The number of hydrogen-bond donors (Lipinski definition) is 2. The summed E-state index contributed by atoms with van der Waals surface area (Å²) in [6.45, 7) is 0.992. The molecule has 0 atom stereocenters. The summed E-state index contributed by atoms with van der Waals surface area (Å²) in [6, 6.07) is 5.23. The number of nitrogens with two attached hydrogens (primary N) is 1. The van der Waals surface area contributed by atoms with Crippen LogP contribution in [0.3, 0.4) is 0 Å². The van der Waals surface area contributed by atoms with Crippen LogP contribution in [-0.4, -0.2) is 30.5 Å². The highest BCUT2D eigenvalue weighted by atomic mass is 32.1. The van der Waals surface area contributed by atoms with Crippen LogP contribution < -0.4 is 20.7 Å². The molecule has 1 fully saturated rings. The number of anilines is 2.